The smallest absolute Gasteiger partial charge is 0.0323 e. The van der Waals surface area contributed by atoms with E-state index in [-0.39, 0.29) is 5.41 Å². The summed E-state index contributed by atoms with van der Waals surface area (Å²) in [5, 5.41) is 0. The molecule has 112 valence electrons. The largest absolute Gasteiger partial charge is 0.126 e. The summed E-state index contributed by atoms with van der Waals surface area (Å²) in [7, 11) is 0. The van der Waals surface area contributed by atoms with Crippen molar-refractivity contribution in [2.75, 3.05) is 5.88 Å². The maximum Gasteiger partial charge on any atom is 0.0323 e. The van der Waals surface area contributed by atoms with Gasteiger partial charge in [0.25, 0.3) is 0 Å². The van der Waals surface area contributed by atoms with Gasteiger partial charge in [-0.2, -0.15) is 0 Å². The summed E-state index contributed by atoms with van der Waals surface area (Å²) >= 11 is 6.44. The molecule has 0 aliphatic heterocycles. The summed E-state index contributed by atoms with van der Waals surface area (Å²) < 4.78 is 0. The molecule has 0 spiro atoms. The van der Waals surface area contributed by atoms with Crippen molar-refractivity contribution in [3.63, 3.8) is 0 Å². The van der Waals surface area contributed by atoms with Crippen LogP contribution < -0.4 is 0 Å². The lowest BCUT2D eigenvalue weighted by atomic mass is 9.73. The highest BCUT2D eigenvalue weighted by molar-refractivity contribution is 6.18. The third-order valence-corrected chi connectivity index (χ3v) is 5.19. The molecule has 2 rings (SSSR count). The fraction of sp³-hybridized carbons (Fsp3) is 0.400. The summed E-state index contributed by atoms with van der Waals surface area (Å²) in [4.78, 5) is 0. The van der Waals surface area contributed by atoms with Gasteiger partial charge in [0.2, 0.25) is 0 Å². The van der Waals surface area contributed by atoms with Gasteiger partial charge in [-0.3, -0.25) is 0 Å². The highest BCUT2D eigenvalue weighted by Gasteiger charge is 2.30. The predicted molar refractivity (Wildman–Crippen MR) is 93.5 cm³/mol. The van der Waals surface area contributed by atoms with Crippen molar-refractivity contribution in [3.05, 3.63) is 70.3 Å². The standard InChI is InChI=1S/C20H25Cl/c1-5-20(14-21,18-9-7-6-8-10-18)13-19-16(3)11-15(2)12-17(19)4/h6-12H,5,13-14H2,1-4H3. The van der Waals surface area contributed by atoms with E-state index < -0.39 is 0 Å². The molecule has 0 bridgehead atoms. The van der Waals surface area contributed by atoms with Crippen molar-refractivity contribution in [2.45, 2.75) is 46.0 Å². The molecule has 0 amide bonds. The van der Waals surface area contributed by atoms with Crippen LogP contribution in [0.1, 0.15) is 41.2 Å². The van der Waals surface area contributed by atoms with E-state index in [2.05, 4.69) is 70.2 Å². The van der Waals surface area contributed by atoms with Gasteiger partial charge in [-0.15, -0.1) is 11.6 Å². The minimum Gasteiger partial charge on any atom is -0.126 e. The van der Waals surface area contributed by atoms with Crippen LogP contribution in [-0.2, 0) is 11.8 Å². The zero-order chi connectivity index (χ0) is 15.5. The van der Waals surface area contributed by atoms with E-state index in [4.69, 9.17) is 11.6 Å². The van der Waals surface area contributed by atoms with Crippen LogP contribution in [0.5, 0.6) is 0 Å². The Kier molecular flexibility index (Phi) is 5.11. The highest BCUT2D eigenvalue weighted by atomic mass is 35.5. The molecule has 0 aliphatic rings. The topological polar surface area (TPSA) is 0 Å². The van der Waals surface area contributed by atoms with Crippen LogP contribution >= 0.6 is 11.6 Å². The summed E-state index contributed by atoms with van der Waals surface area (Å²) in [6.07, 6.45) is 2.06. The van der Waals surface area contributed by atoms with Gasteiger partial charge in [-0.05, 0) is 55.9 Å². The molecule has 0 aliphatic carbocycles. The van der Waals surface area contributed by atoms with E-state index in [0.717, 1.165) is 12.8 Å². The van der Waals surface area contributed by atoms with E-state index in [1.807, 2.05) is 0 Å². The molecule has 1 heteroatoms. The Hall–Kier alpha value is -1.27. The van der Waals surface area contributed by atoms with E-state index in [0.29, 0.717) is 5.88 Å². The van der Waals surface area contributed by atoms with Crippen molar-refractivity contribution in [3.8, 4) is 0 Å². The molecule has 0 N–H and O–H groups in total. The molecule has 0 aromatic heterocycles. The molecule has 0 nitrogen and oxygen atoms in total. The average Bonchev–Trinajstić information content (AvgIpc) is 2.48. The molecule has 0 heterocycles. The Balaban J connectivity index is 2.47. The number of alkyl halides is 1. The van der Waals surface area contributed by atoms with Gasteiger partial charge < -0.3 is 0 Å². The lowest BCUT2D eigenvalue weighted by Crippen LogP contribution is -2.31. The third kappa shape index (κ3) is 3.32. The zero-order valence-electron chi connectivity index (χ0n) is 13.5. The van der Waals surface area contributed by atoms with Crippen molar-refractivity contribution in [1.29, 1.82) is 0 Å². The first kappa shape index (κ1) is 16.1. The summed E-state index contributed by atoms with van der Waals surface area (Å²) in [5.74, 6) is 0.653. The lowest BCUT2D eigenvalue weighted by molar-refractivity contribution is 0.456. The zero-order valence-corrected chi connectivity index (χ0v) is 14.3. The van der Waals surface area contributed by atoms with Crippen LogP contribution in [0.25, 0.3) is 0 Å². The minimum atomic E-state index is 0.0214. The number of rotatable bonds is 5. The number of benzene rings is 2. The van der Waals surface area contributed by atoms with Crippen LogP contribution in [0.2, 0.25) is 0 Å². The summed E-state index contributed by atoms with van der Waals surface area (Å²) in [6.45, 7) is 8.84. The van der Waals surface area contributed by atoms with Gasteiger partial charge in [0.15, 0.2) is 0 Å². The normalized spacial score (nSPS) is 14.0. The Labute approximate surface area is 134 Å². The first-order valence-corrected chi connectivity index (χ1v) is 8.24. The van der Waals surface area contributed by atoms with Crippen LogP contribution in [-0.4, -0.2) is 5.88 Å². The molecule has 1 atom stereocenters. The molecule has 0 radical (unpaired) electrons. The molecule has 0 saturated carbocycles. The molecule has 2 aromatic rings. The van der Waals surface area contributed by atoms with Gasteiger partial charge in [0.05, 0.1) is 0 Å². The molecule has 0 fully saturated rings. The fourth-order valence-corrected chi connectivity index (χ4v) is 3.71. The van der Waals surface area contributed by atoms with E-state index >= 15 is 0 Å². The number of aryl methyl sites for hydroxylation is 3. The van der Waals surface area contributed by atoms with Crippen LogP contribution in [0.15, 0.2) is 42.5 Å². The quantitative estimate of drug-likeness (QED) is 0.618. The minimum absolute atomic E-state index is 0.0214. The van der Waals surface area contributed by atoms with Crippen molar-refractivity contribution in [2.24, 2.45) is 0 Å². The number of halogens is 1. The monoisotopic (exact) mass is 300 g/mol. The lowest BCUT2D eigenvalue weighted by Gasteiger charge is -2.33. The second kappa shape index (κ2) is 6.66. The summed E-state index contributed by atoms with van der Waals surface area (Å²) in [6, 6.07) is 15.3. The Morgan fingerprint density at radius 3 is 2.00 bits per heavy atom. The fourth-order valence-electron chi connectivity index (χ4n) is 3.27. The van der Waals surface area contributed by atoms with Gasteiger partial charge in [0.1, 0.15) is 0 Å². The Morgan fingerprint density at radius 1 is 0.952 bits per heavy atom. The molecule has 1 unspecified atom stereocenters. The Morgan fingerprint density at radius 2 is 1.52 bits per heavy atom. The predicted octanol–water partition coefficient (Wildman–Crippen LogP) is 5.74. The second-order valence-electron chi connectivity index (χ2n) is 6.19. The van der Waals surface area contributed by atoms with Gasteiger partial charge >= 0.3 is 0 Å². The SMILES string of the molecule is CCC(CCl)(Cc1c(C)cc(C)cc1C)c1ccccc1. The second-order valence-corrected chi connectivity index (χ2v) is 6.45. The molecular weight excluding hydrogens is 276 g/mol. The van der Waals surface area contributed by atoms with Gasteiger partial charge in [-0.1, -0.05) is 55.0 Å². The number of hydrogen-bond acceptors (Lipinski definition) is 0. The molecule has 21 heavy (non-hydrogen) atoms. The Bertz CT molecular complexity index is 571. The van der Waals surface area contributed by atoms with E-state index in [1.54, 1.807) is 0 Å². The average molecular weight is 301 g/mol. The molecular formula is C20H25Cl. The van der Waals surface area contributed by atoms with Crippen LogP contribution in [0.4, 0.5) is 0 Å². The van der Waals surface area contributed by atoms with Gasteiger partial charge in [-0.25, -0.2) is 0 Å². The maximum absolute atomic E-state index is 6.44. The van der Waals surface area contributed by atoms with Crippen molar-refractivity contribution in [1.82, 2.24) is 0 Å². The third-order valence-electron chi connectivity index (χ3n) is 4.67. The van der Waals surface area contributed by atoms with E-state index in [1.165, 1.54) is 27.8 Å². The van der Waals surface area contributed by atoms with Crippen molar-refractivity contribution >= 4 is 11.6 Å². The van der Waals surface area contributed by atoms with Crippen LogP contribution in [0, 0.1) is 20.8 Å². The van der Waals surface area contributed by atoms with Crippen LogP contribution in [0.3, 0.4) is 0 Å². The molecule has 2 aromatic carbocycles. The van der Waals surface area contributed by atoms with Gasteiger partial charge in [0, 0.05) is 11.3 Å². The molecule has 0 saturated heterocycles. The highest BCUT2D eigenvalue weighted by Crippen LogP contribution is 2.35. The summed E-state index contributed by atoms with van der Waals surface area (Å²) in [5.41, 5.74) is 6.92. The first-order valence-electron chi connectivity index (χ1n) is 7.70. The first-order chi connectivity index (χ1) is 10.0. The number of hydrogen-bond donors (Lipinski definition) is 0. The van der Waals surface area contributed by atoms with E-state index in [9.17, 15) is 0 Å². The van der Waals surface area contributed by atoms with Crippen molar-refractivity contribution < 1.29 is 0 Å². The maximum atomic E-state index is 6.44.